The molecule has 3 N–H and O–H groups in total. The molecule has 5 nitrogen and oxygen atoms in total. The fraction of sp³-hybridized carbons (Fsp3) is 0.455. The Morgan fingerprint density at radius 3 is 3.00 bits per heavy atom. The summed E-state index contributed by atoms with van der Waals surface area (Å²) >= 11 is 0. The number of pyridine rings is 1. The normalized spacial score (nSPS) is 11.5. The summed E-state index contributed by atoms with van der Waals surface area (Å²) in [5.41, 5.74) is 7.19. The van der Waals surface area contributed by atoms with Crippen molar-refractivity contribution < 1.29 is 5.21 Å². The van der Waals surface area contributed by atoms with Gasteiger partial charge in [0, 0.05) is 25.4 Å². The average molecular weight is 222 g/mol. The average Bonchev–Trinajstić information content (AvgIpc) is 2.35. The molecule has 0 aliphatic carbocycles. The van der Waals surface area contributed by atoms with Gasteiger partial charge in [-0.05, 0) is 12.5 Å². The Morgan fingerprint density at radius 2 is 2.38 bits per heavy atom. The number of oxime groups is 1. The maximum atomic E-state index is 8.69. The topological polar surface area (TPSA) is 74.7 Å². The summed E-state index contributed by atoms with van der Waals surface area (Å²) in [6.45, 7) is 3.06. The molecule has 5 heteroatoms. The van der Waals surface area contributed by atoms with E-state index in [2.05, 4.69) is 22.0 Å². The van der Waals surface area contributed by atoms with Crippen LogP contribution in [-0.2, 0) is 0 Å². The van der Waals surface area contributed by atoms with E-state index in [9.17, 15) is 0 Å². The molecule has 1 rings (SSSR count). The Balaban J connectivity index is 2.94. The highest BCUT2D eigenvalue weighted by Gasteiger charge is 2.10. The smallest absolute Gasteiger partial charge is 0.172 e. The number of amidine groups is 1. The lowest BCUT2D eigenvalue weighted by Crippen LogP contribution is -2.24. The lowest BCUT2D eigenvalue weighted by atomic mass is 10.2. The highest BCUT2D eigenvalue weighted by atomic mass is 16.4. The van der Waals surface area contributed by atoms with Crippen molar-refractivity contribution >= 4 is 11.5 Å². The Morgan fingerprint density at radius 1 is 1.62 bits per heavy atom. The summed E-state index contributed by atoms with van der Waals surface area (Å²) in [5.74, 6) is 0.112. The quantitative estimate of drug-likeness (QED) is 0.342. The van der Waals surface area contributed by atoms with Gasteiger partial charge in [-0.2, -0.15) is 0 Å². The maximum absolute atomic E-state index is 8.69. The van der Waals surface area contributed by atoms with Crippen molar-refractivity contribution in [3.8, 4) is 0 Å². The molecule has 0 unspecified atom stereocenters. The van der Waals surface area contributed by atoms with E-state index in [4.69, 9.17) is 10.9 Å². The summed E-state index contributed by atoms with van der Waals surface area (Å²) in [5, 5.41) is 11.7. The summed E-state index contributed by atoms with van der Waals surface area (Å²) in [6, 6.07) is 1.74. The zero-order valence-corrected chi connectivity index (χ0v) is 9.72. The van der Waals surface area contributed by atoms with Gasteiger partial charge in [0.05, 0.1) is 11.9 Å². The van der Waals surface area contributed by atoms with Crippen LogP contribution in [-0.4, -0.2) is 29.6 Å². The zero-order valence-electron chi connectivity index (χ0n) is 9.72. The number of hydrogen-bond donors (Lipinski definition) is 2. The molecule has 0 radical (unpaired) electrons. The standard InChI is InChI=1S/C11H18N4O/c1-3-4-7-15(2)10-8-13-6-5-9(10)11(12)14-16/h5-6,8,16H,3-4,7H2,1-2H3,(H2,12,14). The van der Waals surface area contributed by atoms with E-state index >= 15 is 0 Å². The number of nitrogens with two attached hydrogens (primary N) is 1. The molecule has 16 heavy (non-hydrogen) atoms. The van der Waals surface area contributed by atoms with Crippen LogP contribution < -0.4 is 10.6 Å². The van der Waals surface area contributed by atoms with Crippen LogP contribution in [0.3, 0.4) is 0 Å². The minimum atomic E-state index is 0.112. The molecule has 0 aliphatic rings. The van der Waals surface area contributed by atoms with Gasteiger partial charge in [0.2, 0.25) is 0 Å². The minimum Gasteiger partial charge on any atom is -0.409 e. The van der Waals surface area contributed by atoms with Crippen molar-refractivity contribution in [3.63, 3.8) is 0 Å². The van der Waals surface area contributed by atoms with Crippen molar-refractivity contribution in [1.82, 2.24) is 4.98 Å². The van der Waals surface area contributed by atoms with E-state index in [-0.39, 0.29) is 5.84 Å². The fourth-order valence-corrected chi connectivity index (χ4v) is 1.48. The van der Waals surface area contributed by atoms with Crippen LogP contribution in [0.4, 0.5) is 5.69 Å². The van der Waals surface area contributed by atoms with Gasteiger partial charge in [0.25, 0.3) is 0 Å². The van der Waals surface area contributed by atoms with Gasteiger partial charge in [0.15, 0.2) is 5.84 Å². The second kappa shape index (κ2) is 5.95. The second-order valence-electron chi connectivity index (χ2n) is 3.65. The number of anilines is 1. The van der Waals surface area contributed by atoms with Crippen LogP contribution in [0.1, 0.15) is 25.3 Å². The van der Waals surface area contributed by atoms with Gasteiger partial charge >= 0.3 is 0 Å². The molecule has 0 saturated heterocycles. The van der Waals surface area contributed by atoms with Crippen molar-refractivity contribution in [1.29, 1.82) is 0 Å². The van der Waals surface area contributed by atoms with E-state index in [1.54, 1.807) is 18.5 Å². The maximum Gasteiger partial charge on any atom is 0.172 e. The predicted molar refractivity (Wildman–Crippen MR) is 64.9 cm³/mol. The zero-order chi connectivity index (χ0) is 12.0. The summed E-state index contributed by atoms with van der Waals surface area (Å²) in [6.07, 6.45) is 5.58. The number of aromatic nitrogens is 1. The van der Waals surface area contributed by atoms with Crippen LogP contribution in [0.15, 0.2) is 23.6 Å². The third-order valence-electron chi connectivity index (χ3n) is 2.44. The molecule has 0 aromatic carbocycles. The number of hydrogen-bond acceptors (Lipinski definition) is 4. The van der Waals surface area contributed by atoms with Crippen molar-refractivity contribution in [2.24, 2.45) is 10.9 Å². The molecule has 0 saturated carbocycles. The molecule has 1 heterocycles. The number of rotatable bonds is 5. The monoisotopic (exact) mass is 222 g/mol. The Kier molecular flexibility index (Phi) is 4.57. The van der Waals surface area contributed by atoms with E-state index in [1.807, 2.05) is 7.05 Å². The molecular formula is C11H18N4O. The molecule has 1 aromatic heterocycles. The number of unbranched alkanes of at least 4 members (excludes halogenated alkanes) is 1. The SMILES string of the molecule is CCCCN(C)c1cnccc1/C(N)=N/O. The molecule has 0 bridgehead atoms. The van der Waals surface area contributed by atoms with Gasteiger partial charge in [0.1, 0.15) is 0 Å². The third kappa shape index (κ3) is 2.85. The molecule has 88 valence electrons. The molecule has 0 spiro atoms. The molecular weight excluding hydrogens is 204 g/mol. The van der Waals surface area contributed by atoms with Gasteiger partial charge in [-0.15, -0.1) is 0 Å². The fourth-order valence-electron chi connectivity index (χ4n) is 1.48. The van der Waals surface area contributed by atoms with Crippen LogP contribution in [0, 0.1) is 0 Å². The van der Waals surface area contributed by atoms with Gasteiger partial charge in [-0.1, -0.05) is 18.5 Å². The van der Waals surface area contributed by atoms with Crippen LogP contribution in [0.2, 0.25) is 0 Å². The van der Waals surface area contributed by atoms with Crippen LogP contribution in [0.5, 0.6) is 0 Å². The van der Waals surface area contributed by atoms with E-state index in [1.165, 1.54) is 0 Å². The lowest BCUT2D eigenvalue weighted by Gasteiger charge is -2.21. The number of nitrogens with zero attached hydrogens (tertiary/aromatic N) is 3. The predicted octanol–water partition coefficient (Wildman–Crippen LogP) is 1.41. The first kappa shape index (κ1) is 12.3. The van der Waals surface area contributed by atoms with Crippen LogP contribution in [0.25, 0.3) is 0 Å². The highest BCUT2D eigenvalue weighted by molar-refractivity contribution is 6.01. The summed E-state index contributed by atoms with van der Waals surface area (Å²) in [4.78, 5) is 6.12. The van der Waals surface area contributed by atoms with E-state index in [0.29, 0.717) is 5.56 Å². The van der Waals surface area contributed by atoms with Crippen LogP contribution >= 0.6 is 0 Å². The third-order valence-corrected chi connectivity index (χ3v) is 2.44. The van der Waals surface area contributed by atoms with Crippen molar-refractivity contribution in [2.75, 3.05) is 18.5 Å². The molecule has 0 aliphatic heterocycles. The largest absolute Gasteiger partial charge is 0.409 e. The molecule has 1 aromatic rings. The van der Waals surface area contributed by atoms with E-state index < -0.39 is 0 Å². The second-order valence-corrected chi connectivity index (χ2v) is 3.65. The van der Waals surface area contributed by atoms with Gasteiger partial charge in [-0.3, -0.25) is 4.98 Å². The first-order valence-electron chi connectivity index (χ1n) is 5.33. The Labute approximate surface area is 95.6 Å². The molecule has 0 atom stereocenters. The van der Waals surface area contributed by atoms with Crippen molar-refractivity contribution in [3.05, 3.63) is 24.0 Å². The molecule has 0 amide bonds. The first-order chi connectivity index (χ1) is 7.70. The Hall–Kier alpha value is -1.78. The van der Waals surface area contributed by atoms with Crippen molar-refractivity contribution in [2.45, 2.75) is 19.8 Å². The summed E-state index contributed by atoms with van der Waals surface area (Å²) < 4.78 is 0. The first-order valence-corrected chi connectivity index (χ1v) is 5.33. The molecule has 0 fully saturated rings. The van der Waals surface area contributed by atoms with E-state index in [0.717, 1.165) is 25.1 Å². The van der Waals surface area contributed by atoms with Gasteiger partial charge in [-0.25, -0.2) is 0 Å². The lowest BCUT2D eigenvalue weighted by molar-refractivity contribution is 0.318. The Bertz CT molecular complexity index is 365. The van der Waals surface area contributed by atoms with Gasteiger partial charge < -0.3 is 15.8 Å². The highest BCUT2D eigenvalue weighted by Crippen LogP contribution is 2.17. The summed E-state index contributed by atoms with van der Waals surface area (Å²) in [7, 11) is 1.97. The minimum absolute atomic E-state index is 0.112.